The molecule has 92 valence electrons. The molecule has 16 heavy (non-hydrogen) atoms. The summed E-state index contributed by atoms with van der Waals surface area (Å²) in [6, 6.07) is 1.87. The van der Waals surface area contributed by atoms with Crippen molar-refractivity contribution in [3.8, 4) is 6.07 Å². The van der Waals surface area contributed by atoms with E-state index in [-0.39, 0.29) is 11.9 Å². The van der Waals surface area contributed by atoms with Crippen molar-refractivity contribution < 1.29 is 9.53 Å². The summed E-state index contributed by atoms with van der Waals surface area (Å²) >= 11 is 0. The van der Waals surface area contributed by atoms with Gasteiger partial charge in [0.1, 0.15) is 0 Å². The average molecular weight is 227 g/mol. The Bertz CT molecular complexity index is 238. The third-order valence-corrected chi connectivity index (χ3v) is 2.37. The predicted molar refractivity (Wildman–Crippen MR) is 61.8 cm³/mol. The van der Waals surface area contributed by atoms with Crippen LogP contribution in [-0.4, -0.2) is 50.2 Å². The number of methoxy groups -OCH3 is 1. The highest BCUT2D eigenvalue weighted by molar-refractivity contribution is 5.81. The van der Waals surface area contributed by atoms with Crippen LogP contribution < -0.4 is 5.32 Å². The number of nitriles is 1. The molecular formula is C11H21N3O2. The molecule has 0 aromatic rings. The van der Waals surface area contributed by atoms with Gasteiger partial charge in [-0.15, -0.1) is 0 Å². The summed E-state index contributed by atoms with van der Waals surface area (Å²) in [5.74, 6) is -0.00320. The summed E-state index contributed by atoms with van der Waals surface area (Å²) in [7, 11) is 1.62. The molecule has 1 N–H and O–H groups in total. The van der Waals surface area contributed by atoms with E-state index in [0.29, 0.717) is 32.7 Å². The first kappa shape index (κ1) is 14.9. The first-order valence-electron chi connectivity index (χ1n) is 5.55. The number of nitrogens with one attached hydrogen (secondary N) is 1. The van der Waals surface area contributed by atoms with Crippen molar-refractivity contribution in [1.29, 1.82) is 5.26 Å². The van der Waals surface area contributed by atoms with Crippen molar-refractivity contribution in [3.63, 3.8) is 0 Å². The number of carbonyl (C=O) groups is 1. The van der Waals surface area contributed by atoms with Crippen LogP contribution in [0.2, 0.25) is 0 Å². The lowest BCUT2D eigenvalue weighted by Gasteiger charge is -2.26. The summed E-state index contributed by atoms with van der Waals surface area (Å²) in [5, 5.41) is 11.3. The molecule has 0 rings (SSSR count). The maximum Gasteiger partial charge on any atom is 0.237 e. The molecule has 0 aliphatic carbocycles. The number of nitrogens with zero attached hydrogens (tertiary/aromatic N) is 2. The molecule has 0 saturated carbocycles. The number of rotatable bonds is 8. The van der Waals surface area contributed by atoms with Gasteiger partial charge >= 0.3 is 0 Å². The molecule has 0 spiro atoms. The minimum atomic E-state index is -0.219. The van der Waals surface area contributed by atoms with Gasteiger partial charge in [-0.25, -0.2) is 0 Å². The number of likely N-dealkylation sites (N-methyl/N-ethyl adjacent to an activating group) is 1. The van der Waals surface area contributed by atoms with Gasteiger partial charge in [0.05, 0.1) is 18.7 Å². The van der Waals surface area contributed by atoms with Gasteiger partial charge in [-0.1, -0.05) is 0 Å². The molecule has 0 aromatic heterocycles. The molecule has 5 nitrogen and oxygen atoms in total. The number of ether oxygens (including phenoxy) is 1. The number of amides is 1. The van der Waals surface area contributed by atoms with E-state index >= 15 is 0 Å². The number of hydrogen-bond acceptors (Lipinski definition) is 4. The second-order valence-electron chi connectivity index (χ2n) is 3.51. The van der Waals surface area contributed by atoms with Crippen LogP contribution >= 0.6 is 0 Å². The third-order valence-electron chi connectivity index (χ3n) is 2.37. The highest BCUT2D eigenvalue weighted by Gasteiger charge is 2.19. The van der Waals surface area contributed by atoms with Crippen LogP contribution in [0, 0.1) is 11.3 Å². The zero-order valence-electron chi connectivity index (χ0n) is 10.3. The summed E-state index contributed by atoms with van der Waals surface area (Å²) in [4.78, 5) is 13.6. The largest absolute Gasteiger partial charge is 0.383 e. The Hall–Kier alpha value is -1.12. The molecule has 1 amide bonds. The van der Waals surface area contributed by atoms with Crippen LogP contribution in [0.3, 0.4) is 0 Å². The molecule has 0 radical (unpaired) electrons. The Morgan fingerprint density at radius 3 is 2.75 bits per heavy atom. The normalized spacial score (nSPS) is 12.2. The maximum atomic E-state index is 11.6. The van der Waals surface area contributed by atoms with Gasteiger partial charge < -0.3 is 10.1 Å². The lowest BCUT2D eigenvalue weighted by molar-refractivity contribution is -0.126. The molecule has 5 heteroatoms. The fourth-order valence-corrected chi connectivity index (χ4v) is 1.39. The second-order valence-corrected chi connectivity index (χ2v) is 3.51. The topological polar surface area (TPSA) is 65.4 Å². The molecule has 0 aliphatic heterocycles. The monoisotopic (exact) mass is 227 g/mol. The Morgan fingerprint density at radius 2 is 2.25 bits per heavy atom. The van der Waals surface area contributed by atoms with Gasteiger partial charge in [0.2, 0.25) is 5.91 Å². The third kappa shape index (κ3) is 5.69. The van der Waals surface area contributed by atoms with Crippen LogP contribution in [0.5, 0.6) is 0 Å². The van der Waals surface area contributed by atoms with Crippen molar-refractivity contribution in [2.24, 2.45) is 0 Å². The van der Waals surface area contributed by atoms with Crippen LogP contribution in [0.4, 0.5) is 0 Å². The van der Waals surface area contributed by atoms with Crippen molar-refractivity contribution in [1.82, 2.24) is 10.2 Å². The molecule has 0 bridgehead atoms. The van der Waals surface area contributed by atoms with Crippen molar-refractivity contribution in [3.05, 3.63) is 0 Å². The predicted octanol–water partition coefficient (Wildman–Crippen LogP) is 0.373. The maximum absolute atomic E-state index is 11.6. The standard InChI is InChI=1S/C11H21N3O2/c1-4-13-11(15)10(2)14(7-5-6-12)8-9-16-3/h10H,4-5,7-9H2,1-3H3,(H,13,15). The average Bonchev–Trinajstić information content (AvgIpc) is 2.29. The van der Waals surface area contributed by atoms with Crippen LogP contribution in [-0.2, 0) is 9.53 Å². The Labute approximate surface area is 97.4 Å². The van der Waals surface area contributed by atoms with E-state index in [1.165, 1.54) is 0 Å². The highest BCUT2D eigenvalue weighted by atomic mass is 16.5. The Morgan fingerprint density at radius 1 is 1.56 bits per heavy atom. The summed E-state index contributed by atoms with van der Waals surface area (Å²) in [6.45, 7) is 6.18. The van der Waals surface area contributed by atoms with Gasteiger partial charge in [0, 0.05) is 33.2 Å². The number of carbonyl (C=O) groups excluding carboxylic acids is 1. The highest BCUT2D eigenvalue weighted by Crippen LogP contribution is 2.00. The zero-order valence-corrected chi connectivity index (χ0v) is 10.3. The molecular weight excluding hydrogens is 206 g/mol. The fraction of sp³-hybridized carbons (Fsp3) is 0.818. The Kier molecular flexibility index (Phi) is 8.49. The SMILES string of the molecule is CCNC(=O)C(C)N(CCC#N)CCOC. The fourth-order valence-electron chi connectivity index (χ4n) is 1.39. The van der Waals surface area contributed by atoms with E-state index in [4.69, 9.17) is 10.00 Å². The molecule has 0 fully saturated rings. The lowest BCUT2D eigenvalue weighted by atomic mass is 10.2. The smallest absolute Gasteiger partial charge is 0.237 e. The number of hydrogen-bond donors (Lipinski definition) is 1. The van der Waals surface area contributed by atoms with Crippen LogP contribution in [0.25, 0.3) is 0 Å². The second kappa shape index (κ2) is 9.13. The summed E-state index contributed by atoms with van der Waals surface area (Å²) < 4.78 is 4.99. The van der Waals surface area contributed by atoms with Crippen molar-refractivity contribution in [2.45, 2.75) is 26.3 Å². The molecule has 1 atom stereocenters. The zero-order chi connectivity index (χ0) is 12.4. The first-order chi connectivity index (χ1) is 7.67. The first-order valence-corrected chi connectivity index (χ1v) is 5.55. The molecule has 1 unspecified atom stereocenters. The van der Waals surface area contributed by atoms with E-state index in [1.807, 2.05) is 18.7 Å². The minimum absolute atomic E-state index is 0.00320. The van der Waals surface area contributed by atoms with Gasteiger partial charge in [-0.3, -0.25) is 9.69 Å². The van der Waals surface area contributed by atoms with Gasteiger partial charge in [0.15, 0.2) is 0 Å². The van der Waals surface area contributed by atoms with Crippen molar-refractivity contribution in [2.75, 3.05) is 33.4 Å². The van der Waals surface area contributed by atoms with E-state index in [9.17, 15) is 4.79 Å². The summed E-state index contributed by atoms with van der Waals surface area (Å²) in [6.07, 6.45) is 0.424. The van der Waals surface area contributed by atoms with E-state index < -0.39 is 0 Å². The minimum Gasteiger partial charge on any atom is -0.383 e. The molecule has 0 aliphatic rings. The van der Waals surface area contributed by atoms with Crippen LogP contribution in [0.15, 0.2) is 0 Å². The van der Waals surface area contributed by atoms with E-state index in [0.717, 1.165) is 0 Å². The Balaban J connectivity index is 4.24. The van der Waals surface area contributed by atoms with Gasteiger partial charge in [0.25, 0.3) is 0 Å². The van der Waals surface area contributed by atoms with Gasteiger partial charge in [-0.05, 0) is 13.8 Å². The lowest BCUT2D eigenvalue weighted by Crippen LogP contribution is -2.46. The van der Waals surface area contributed by atoms with E-state index in [1.54, 1.807) is 7.11 Å². The molecule has 0 aromatic carbocycles. The quantitative estimate of drug-likeness (QED) is 0.651. The van der Waals surface area contributed by atoms with Crippen LogP contribution in [0.1, 0.15) is 20.3 Å². The van der Waals surface area contributed by atoms with Crippen molar-refractivity contribution >= 4 is 5.91 Å². The van der Waals surface area contributed by atoms with Gasteiger partial charge in [-0.2, -0.15) is 5.26 Å². The molecule has 0 saturated heterocycles. The molecule has 0 heterocycles. The summed E-state index contributed by atoms with van der Waals surface area (Å²) in [5.41, 5.74) is 0. The van der Waals surface area contributed by atoms with E-state index in [2.05, 4.69) is 11.4 Å².